The van der Waals surface area contributed by atoms with Crippen LogP contribution in [0.3, 0.4) is 0 Å². The highest BCUT2D eigenvalue weighted by Crippen LogP contribution is 2.30. The second-order valence-corrected chi connectivity index (χ2v) is 5.22. The Morgan fingerprint density at radius 1 is 1.38 bits per heavy atom. The summed E-state index contributed by atoms with van der Waals surface area (Å²) in [5.74, 6) is -0.363. The third-order valence-electron chi connectivity index (χ3n) is 3.20. The Labute approximate surface area is 129 Å². The van der Waals surface area contributed by atoms with Crippen LogP contribution in [0.15, 0.2) is 18.3 Å². The van der Waals surface area contributed by atoms with Gasteiger partial charge in [0.25, 0.3) is 0 Å². The van der Waals surface area contributed by atoms with E-state index in [0.717, 1.165) is 35.1 Å². The summed E-state index contributed by atoms with van der Waals surface area (Å²) in [7, 11) is 0. The predicted molar refractivity (Wildman–Crippen MR) is 86.2 cm³/mol. The van der Waals surface area contributed by atoms with E-state index in [9.17, 15) is 4.79 Å². The first-order valence-corrected chi connectivity index (χ1v) is 7.46. The number of halogens is 1. The lowest BCUT2D eigenvalue weighted by Gasteiger charge is -2.14. The van der Waals surface area contributed by atoms with Crippen LogP contribution in [-0.4, -0.2) is 24.1 Å². The van der Waals surface area contributed by atoms with E-state index in [1.54, 1.807) is 13.1 Å². The van der Waals surface area contributed by atoms with Crippen molar-refractivity contribution >= 4 is 34.2 Å². The van der Waals surface area contributed by atoms with E-state index in [0.29, 0.717) is 17.2 Å². The van der Waals surface area contributed by atoms with Gasteiger partial charge in [-0.15, -0.1) is 0 Å². The van der Waals surface area contributed by atoms with Crippen molar-refractivity contribution in [3.8, 4) is 0 Å². The maximum Gasteiger partial charge on any atom is 0.341 e. The number of ether oxygens (including phenoxy) is 1. The minimum Gasteiger partial charge on any atom is -0.462 e. The van der Waals surface area contributed by atoms with Crippen molar-refractivity contribution < 1.29 is 9.53 Å². The number of esters is 1. The Morgan fingerprint density at radius 2 is 2.14 bits per heavy atom. The molecular weight excluding hydrogens is 288 g/mol. The van der Waals surface area contributed by atoms with Crippen LogP contribution in [0.25, 0.3) is 10.9 Å². The van der Waals surface area contributed by atoms with Gasteiger partial charge in [0.2, 0.25) is 0 Å². The van der Waals surface area contributed by atoms with Crippen LogP contribution in [0.1, 0.15) is 36.2 Å². The largest absolute Gasteiger partial charge is 0.462 e. The van der Waals surface area contributed by atoms with Crippen molar-refractivity contribution in [3.05, 3.63) is 34.5 Å². The van der Waals surface area contributed by atoms with Gasteiger partial charge in [0.1, 0.15) is 5.56 Å². The van der Waals surface area contributed by atoms with Crippen molar-refractivity contribution in [2.24, 2.45) is 0 Å². The summed E-state index contributed by atoms with van der Waals surface area (Å²) in [5, 5.41) is 4.86. The quantitative estimate of drug-likeness (QED) is 0.841. The number of rotatable bonds is 5. The summed E-state index contributed by atoms with van der Waals surface area (Å²) >= 11 is 6.14. The smallest absolute Gasteiger partial charge is 0.341 e. The van der Waals surface area contributed by atoms with Crippen molar-refractivity contribution in [2.45, 2.75) is 27.2 Å². The van der Waals surface area contributed by atoms with Crippen LogP contribution in [0.2, 0.25) is 5.02 Å². The average Bonchev–Trinajstić information content (AvgIpc) is 2.46. The number of aromatic nitrogens is 1. The van der Waals surface area contributed by atoms with Gasteiger partial charge in [0.05, 0.1) is 17.8 Å². The number of nitrogens with zero attached hydrogens (tertiary/aromatic N) is 1. The topological polar surface area (TPSA) is 51.2 Å². The Morgan fingerprint density at radius 3 is 2.81 bits per heavy atom. The molecule has 112 valence electrons. The zero-order valence-corrected chi connectivity index (χ0v) is 13.3. The minimum atomic E-state index is -0.363. The van der Waals surface area contributed by atoms with E-state index in [1.807, 2.05) is 19.1 Å². The Hall–Kier alpha value is -1.81. The van der Waals surface area contributed by atoms with E-state index >= 15 is 0 Å². The molecule has 0 saturated heterocycles. The fourth-order valence-corrected chi connectivity index (χ4v) is 2.28. The van der Waals surface area contributed by atoms with Gasteiger partial charge in [-0.05, 0) is 38.0 Å². The normalized spacial score (nSPS) is 10.7. The summed E-state index contributed by atoms with van der Waals surface area (Å²) in [6, 6.07) is 3.77. The highest BCUT2D eigenvalue weighted by Gasteiger charge is 2.17. The zero-order valence-electron chi connectivity index (χ0n) is 12.5. The summed E-state index contributed by atoms with van der Waals surface area (Å²) in [5.41, 5.74) is 2.93. The van der Waals surface area contributed by atoms with Crippen LogP contribution < -0.4 is 5.32 Å². The molecule has 2 rings (SSSR count). The summed E-state index contributed by atoms with van der Waals surface area (Å²) in [6.07, 6.45) is 2.50. The number of hydrogen-bond acceptors (Lipinski definition) is 4. The van der Waals surface area contributed by atoms with Crippen molar-refractivity contribution in [1.29, 1.82) is 0 Å². The average molecular weight is 307 g/mol. The molecule has 0 saturated carbocycles. The number of aryl methyl sites for hydroxylation is 1. The maximum absolute atomic E-state index is 12.1. The molecule has 2 aromatic rings. The third-order valence-corrected chi connectivity index (χ3v) is 3.60. The highest BCUT2D eigenvalue weighted by atomic mass is 35.5. The molecule has 1 aromatic heterocycles. The molecule has 0 bridgehead atoms. The minimum absolute atomic E-state index is 0.337. The third kappa shape index (κ3) is 3.27. The van der Waals surface area contributed by atoms with E-state index in [1.165, 1.54) is 0 Å². The number of anilines is 1. The van der Waals surface area contributed by atoms with Gasteiger partial charge in [-0.3, -0.25) is 4.98 Å². The lowest BCUT2D eigenvalue weighted by molar-refractivity contribution is 0.0527. The molecule has 0 atom stereocenters. The first-order chi connectivity index (χ1) is 10.1. The molecule has 4 nitrogen and oxygen atoms in total. The molecule has 0 amide bonds. The summed E-state index contributed by atoms with van der Waals surface area (Å²) < 4.78 is 5.11. The van der Waals surface area contributed by atoms with E-state index < -0.39 is 0 Å². The zero-order chi connectivity index (χ0) is 15.4. The van der Waals surface area contributed by atoms with Crippen LogP contribution in [0.5, 0.6) is 0 Å². The van der Waals surface area contributed by atoms with E-state index in [4.69, 9.17) is 16.3 Å². The Balaban J connectivity index is 2.63. The number of fused-ring (bicyclic) bond motifs is 1. The molecule has 0 aliphatic heterocycles. The first-order valence-electron chi connectivity index (χ1n) is 7.08. The van der Waals surface area contributed by atoms with Gasteiger partial charge in [-0.1, -0.05) is 18.5 Å². The fraction of sp³-hybridized carbons (Fsp3) is 0.375. The second kappa shape index (κ2) is 6.76. The molecule has 0 radical (unpaired) electrons. The predicted octanol–water partition coefficient (Wildman–Crippen LogP) is 4.20. The summed E-state index contributed by atoms with van der Waals surface area (Å²) in [6.45, 7) is 6.90. The van der Waals surface area contributed by atoms with Crippen molar-refractivity contribution in [3.63, 3.8) is 0 Å². The molecule has 0 aliphatic rings. The van der Waals surface area contributed by atoms with Crippen LogP contribution in [0, 0.1) is 6.92 Å². The standard InChI is InChI=1S/C16H19ClN2O2/c1-4-6-18-15-11-7-10(3)13(17)8-14(11)19-9-12(15)16(20)21-5-2/h7-9H,4-6H2,1-3H3,(H,18,19). The van der Waals surface area contributed by atoms with Gasteiger partial charge < -0.3 is 10.1 Å². The number of benzene rings is 1. The molecule has 0 fully saturated rings. The number of nitrogens with one attached hydrogen (secondary N) is 1. The molecule has 0 spiro atoms. The van der Waals surface area contributed by atoms with E-state index in [2.05, 4.69) is 17.2 Å². The molecule has 1 aromatic carbocycles. The Kier molecular flexibility index (Phi) is 5.02. The molecule has 0 unspecified atom stereocenters. The van der Waals surface area contributed by atoms with Gasteiger partial charge in [0, 0.05) is 23.2 Å². The van der Waals surface area contributed by atoms with Crippen LogP contribution >= 0.6 is 11.6 Å². The molecule has 21 heavy (non-hydrogen) atoms. The number of hydrogen-bond donors (Lipinski definition) is 1. The first kappa shape index (κ1) is 15.6. The van der Waals surface area contributed by atoms with Crippen molar-refractivity contribution in [1.82, 2.24) is 4.98 Å². The lowest BCUT2D eigenvalue weighted by atomic mass is 10.1. The SMILES string of the molecule is CCCNc1c(C(=O)OCC)cnc2cc(Cl)c(C)cc12. The van der Waals surface area contributed by atoms with Gasteiger partial charge in [-0.2, -0.15) is 0 Å². The van der Waals surface area contributed by atoms with Gasteiger partial charge in [-0.25, -0.2) is 4.79 Å². The maximum atomic E-state index is 12.1. The second-order valence-electron chi connectivity index (χ2n) is 4.81. The Bertz CT molecular complexity index is 671. The van der Waals surface area contributed by atoms with Gasteiger partial charge >= 0.3 is 5.97 Å². The molecule has 5 heteroatoms. The monoisotopic (exact) mass is 306 g/mol. The number of pyridine rings is 1. The summed E-state index contributed by atoms with van der Waals surface area (Å²) in [4.78, 5) is 16.4. The molecule has 1 heterocycles. The highest BCUT2D eigenvalue weighted by molar-refractivity contribution is 6.32. The molecule has 0 aliphatic carbocycles. The molecule has 1 N–H and O–H groups in total. The lowest BCUT2D eigenvalue weighted by Crippen LogP contribution is -2.11. The molecular formula is C16H19ClN2O2. The van der Waals surface area contributed by atoms with Gasteiger partial charge in [0.15, 0.2) is 0 Å². The van der Waals surface area contributed by atoms with E-state index in [-0.39, 0.29) is 5.97 Å². The fourth-order valence-electron chi connectivity index (χ4n) is 2.13. The van der Waals surface area contributed by atoms with Crippen molar-refractivity contribution in [2.75, 3.05) is 18.5 Å². The van der Waals surface area contributed by atoms with Crippen LogP contribution in [-0.2, 0) is 4.74 Å². The number of carbonyl (C=O) groups excluding carboxylic acids is 1. The number of carbonyl (C=O) groups is 1. The van der Waals surface area contributed by atoms with Crippen LogP contribution in [0.4, 0.5) is 5.69 Å².